The Balaban J connectivity index is 2.66. The summed E-state index contributed by atoms with van der Waals surface area (Å²) in [6.07, 6.45) is -0.217. The molecule has 0 fully saturated rings. The number of hydrogen-bond donors (Lipinski definition) is 2. The number of rotatable bonds is 6. The van der Waals surface area contributed by atoms with Crippen LogP contribution in [0.15, 0.2) is 35.2 Å². The third-order valence-electron chi connectivity index (χ3n) is 2.21. The van der Waals surface area contributed by atoms with Gasteiger partial charge in [-0.25, -0.2) is 8.42 Å². The lowest BCUT2D eigenvalue weighted by atomic mass is 10.2. The van der Waals surface area contributed by atoms with E-state index in [-0.39, 0.29) is 17.3 Å². The van der Waals surface area contributed by atoms with E-state index in [1.165, 1.54) is 12.1 Å². The fraction of sp³-hybridized carbons (Fsp3) is 0.455. The molecule has 4 nitrogen and oxygen atoms in total. The molecule has 0 aliphatic heterocycles. The summed E-state index contributed by atoms with van der Waals surface area (Å²) in [4.78, 5) is 0.220. The third-order valence-corrected chi connectivity index (χ3v) is 4.02. The van der Waals surface area contributed by atoms with Crippen molar-refractivity contribution in [3.63, 3.8) is 0 Å². The molecule has 0 bridgehead atoms. The molecule has 90 valence electrons. The number of hydrogen-bond acceptors (Lipinski definition) is 4. The monoisotopic (exact) mass is 244 g/mol. The Kier molecular flexibility index (Phi) is 4.92. The minimum absolute atomic E-state index is 0.0392. The van der Waals surface area contributed by atoms with Crippen LogP contribution in [-0.2, 0) is 9.84 Å². The Labute approximate surface area is 95.5 Å². The molecule has 5 heteroatoms. The molecule has 0 amide bonds. The smallest absolute Gasteiger partial charge is 0.180 e. The predicted molar refractivity (Wildman–Crippen MR) is 60.8 cm³/mol. The van der Waals surface area contributed by atoms with Crippen LogP contribution in [0.4, 0.5) is 0 Å². The lowest BCUT2D eigenvalue weighted by Crippen LogP contribution is -2.21. The minimum atomic E-state index is -3.42. The first kappa shape index (κ1) is 13.2. The Morgan fingerprint density at radius 3 is 2.38 bits per heavy atom. The molecular formula is C11H16O4S. The number of sulfone groups is 1. The normalized spacial score (nSPS) is 13.6. The van der Waals surface area contributed by atoms with Gasteiger partial charge in [0.25, 0.3) is 0 Å². The summed E-state index contributed by atoms with van der Waals surface area (Å²) in [5, 5.41) is 18.1. The quantitative estimate of drug-likeness (QED) is 0.768. The molecule has 0 radical (unpaired) electrons. The van der Waals surface area contributed by atoms with Crippen LogP contribution in [-0.4, -0.2) is 37.1 Å². The summed E-state index contributed by atoms with van der Waals surface area (Å²) in [5.74, 6) is -0.295. The highest BCUT2D eigenvalue weighted by molar-refractivity contribution is 7.91. The van der Waals surface area contributed by atoms with E-state index in [0.717, 1.165) is 0 Å². The Morgan fingerprint density at radius 1 is 1.19 bits per heavy atom. The van der Waals surface area contributed by atoms with Crippen LogP contribution >= 0.6 is 0 Å². The van der Waals surface area contributed by atoms with Crippen molar-refractivity contribution in [3.05, 3.63) is 30.3 Å². The molecule has 1 rings (SSSR count). The standard InChI is InChI=1S/C11H16O4S/c12-8-4-5-10(13)9-16(14,15)11-6-2-1-3-7-11/h1-3,6-7,10,12-13H,4-5,8-9H2/t10-/m0/s1. The molecule has 0 heterocycles. The second-order valence-electron chi connectivity index (χ2n) is 3.61. The summed E-state index contributed by atoms with van der Waals surface area (Å²) in [5.41, 5.74) is 0. The second kappa shape index (κ2) is 5.98. The Bertz CT molecular complexity index is 399. The zero-order valence-electron chi connectivity index (χ0n) is 8.91. The summed E-state index contributed by atoms with van der Waals surface area (Å²) in [7, 11) is -3.42. The molecule has 0 unspecified atom stereocenters. The van der Waals surface area contributed by atoms with Gasteiger partial charge in [-0.1, -0.05) is 18.2 Å². The van der Waals surface area contributed by atoms with Crippen molar-refractivity contribution in [3.8, 4) is 0 Å². The molecule has 0 spiro atoms. The highest BCUT2D eigenvalue weighted by Crippen LogP contribution is 2.12. The van der Waals surface area contributed by atoms with Crippen LogP contribution in [0.25, 0.3) is 0 Å². The first-order chi connectivity index (χ1) is 7.56. The molecule has 16 heavy (non-hydrogen) atoms. The zero-order valence-corrected chi connectivity index (χ0v) is 9.73. The molecule has 1 atom stereocenters. The van der Waals surface area contributed by atoms with Gasteiger partial charge in [-0.15, -0.1) is 0 Å². The highest BCUT2D eigenvalue weighted by atomic mass is 32.2. The van der Waals surface area contributed by atoms with Gasteiger partial charge in [0, 0.05) is 6.61 Å². The summed E-state index contributed by atoms with van der Waals surface area (Å²) in [6.45, 7) is -0.0392. The lowest BCUT2D eigenvalue weighted by molar-refractivity contribution is 0.169. The van der Waals surface area contributed by atoms with Crippen LogP contribution in [0.2, 0.25) is 0 Å². The molecule has 0 aliphatic carbocycles. The van der Waals surface area contributed by atoms with Gasteiger partial charge in [0.2, 0.25) is 0 Å². The molecule has 1 aromatic rings. The summed E-state index contributed by atoms with van der Waals surface area (Å²) in [6, 6.07) is 8.05. The SMILES string of the molecule is O=S(=O)(C[C@@H](O)CCCO)c1ccccc1. The topological polar surface area (TPSA) is 74.6 Å². The largest absolute Gasteiger partial charge is 0.396 e. The van der Waals surface area contributed by atoms with Gasteiger partial charge in [0.1, 0.15) is 0 Å². The first-order valence-corrected chi connectivity index (χ1v) is 6.78. The maximum absolute atomic E-state index is 11.8. The average Bonchev–Trinajstić information content (AvgIpc) is 2.27. The summed E-state index contributed by atoms with van der Waals surface area (Å²) < 4.78 is 23.6. The van der Waals surface area contributed by atoms with E-state index in [1.807, 2.05) is 0 Å². The van der Waals surface area contributed by atoms with E-state index in [0.29, 0.717) is 12.8 Å². The van der Waals surface area contributed by atoms with Gasteiger partial charge in [-0.2, -0.15) is 0 Å². The van der Waals surface area contributed by atoms with Crippen LogP contribution < -0.4 is 0 Å². The first-order valence-electron chi connectivity index (χ1n) is 5.13. The average molecular weight is 244 g/mol. The van der Waals surface area contributed by atoms with Gasteiger partial charge >= 0.3 is 0 Å². The predicted octanol–water partition coefficient (Wildman–Crippen LogP) is 0.594. The minimum Gasteiger partial charge on any atom is -0.396 e. The number of aliphatic hydroxyl groups excluding tert-OH is 2. The fourth-order valence-electron chi connectivity index (χ4n) is 1.39. The maximum Gasteiger partial charge on any atom is 0.180 e. The Hall–Kier alpha value is -0.910. The van der Waals surface area contributed by atoms with E-state index < -0.39 is 15.9 Å². The van der Waals surface area contributed by atoms with Gasteiger partial charge < -0.3 is 10.2 Å². The third kappa shape index (κ3) is 3.92. The van der Waals surface area contributed by atoms with E-state index in [2.05, 4.69) is 0 Å². The van der Waals surface area contributed by atoms with Crippen molar-refractivity contribution in [2.45, 2.75) is 23.8 Å². The lowest BCUT2D eigenvalue weighted by Gasteiger charge is -2.10. The summed E-state index contributed by atoms with van der Waals surface area (Å²) >= 11 is 0. The van der Waals surface area contributed by atoms with Crippen molar-refractivity contribution in [1.82, 2.24) is 0 Å². The van der Waals surface area contributed by atoms with Crippen LogP contribution in [0.3, 0.4) is 0 Å². The van der Waals surface area contributed by atoms with E-state index in [4.69, 9.17) is 5.11 Å². The van der Waals surface area contributed by atoms with E-state index in [1.54, 1.807) is 18.2 Å². The van der Waals surface area contributed by atoms with Gasteiger partial charge in [-0.3, -0.25) is 0 Å². The zero-order chi connectivity index (χ0) is 12.0. The van der Waals surface area contributed by atoms with Crippen molar-refractivity contribution >= 4 is 9.84 Å². The molecule has 0 aromatic heterocycles. The van der Waals surface area contributed by atoms with Crippen molar-refractivity contribution in [1.29, 1.82) is 0 Å². The van der Waals surface area contributed by atoms with Crippen molar-refractivity contribution < 1.29 is 18.6 Å². The van der Waals surface area contributed by atoms with Crippen molar-refractivity contribution in [2.75, 3.05) is 12.4 Å². The van der Waals surface area contributed by atoms with E-state index >= 15 is 0 Å². The van der Waals surface area contributed by atoms with Crippen molar-refractivity contribution in [2.24, 2.45) is 0 Å². The van der Waals surface area contributed by atoms with Gasteiger partial charge in [0.05, 0.1) is 16.8 Å². The molecule has 0 saturated heterocycles. The molecular weight excluding hydrogens is 228 g/mol. The van der Waals surface area contributed by atoms with Gasteiger partial charge in [-0.05, 0) is 25.0 Å². The van der Waals surface area contributed by atoms with Crippen LogP contribution in [0, 0.1) is 0 Å². The number of benzene rings is 1. The highest BCUT2D eigenvalue weighted by Gasteiger charge is 2.18. The van der Waals surface area contributed by atoms with Crippen LogP contribution in [0.1, 0.15) is 12.8 Å². The van der Waals surface area contributed by atoms with Gasteiger partial charge in [0.15, 0.2) is 9.84 Å². The molecule has 1 aromatic carbocycles. The molecule has 2 N–H and O–H groups in total. The molecule has 0 saturated carbocycles. The Morgan fingerprint density at radius 2 is 1.81 bits per heavy atom. The number of aliphatic hydroxyl groups is 2. The molecule has 0 aliphatic rings. The maximum atomic E-state index is 11.8. The van der Waals surface area contributed by atoms with Crippen LogP contribution in [0.5, 0.6) is 0 Å². The fourth-order valence-corrected chi connectivity index (χ4v) is 2.83. The van der Waals surface area contributed by atoms with E-state index in [9.17, 15) is 13.5 Å². The second-order valence-corrected chi connectivity index (χ2v) is 5.65.